The first-order valence-corrected chi connectivity index (χ1v) is 18.8. The highest BCUT2D eigenvalue weighted by molar-refractivity contribution is 6.35. The van der Waals surface area contributed by atoms with Gasteiger partial charge in [0.25, 0.3) is 0 Å². The smallest absolute Gasteiger partial charge is 0.143 e. The van der Waals surface area contributed by atoms with Gasteiger partial charge in [-0.15, -0.1) is 0 Å². The molecular formula is C51H44O. The van der Waals surface area contributed by atoms with Crippen molar-refractivity contribution in [3.8, 4) is 33.4 Å². The molecule has 9 aromatic rings. The number of furan rings is 1. The first-order chi connectivity index (χ1) is 24.8. The van der Waals surface area contributed by atoms with Crippen molar-refractivity contribution >= 4 is 54.3 Å². The molecule has 1 aromatic heterocycles. The van der Waals surface area contributed by atoms with Gasteiger partial charge < -0.3 is 4.42 Å². The van der Waals surface area contributed by atoms with Crippen molar-refractivity contribution in [2.24, 2.45) is 0 Å². The molecule has 1 heteroatoms. The van der Waals surface area contributed by atoms with Crippen LogP contribution in [0.3, 0.4) is 0 Å². The van der Waals surface area contributed by atoms with Crippen molar-refractivity contribution < 1.29 is 4.42 Å². The van der Waals surface area contributed by atoms with E-state index in [-0.39, 0.29) is 10.8 Å². The van der Waals surface area contributed by atoms with Crippen molar-refractivity contribution in [3.63, 3.8) is 0 Å². The maximum absolute atomic E-state index is 6.94. The molecule has 254 valence electrons. The predicted molar refractivity (Wildman–Crippen MR) is 223 cm³/mol. The van der Waals surface area contributed by atoms with Gasteiger partial charge in [-0.1, -0.05) is 125 Å². The van der Waals surface area contributed by atoms with E-state index in [9.17, 15) is 0 Å². The Kier molecular flexibility index (Phi) is 6.38. The summed E-state index contributed by atoms with van der Waals surface area (Å²) in [5.74, 6) is 0. The zero-order valence-electron chi connectivity index (χ0n) is 31.5. The SMILES string of the molecule is Cc1cccc(-c2cc3c4oc5ccc(C(C)(C)C)cc5c4cc4c(-c5cccc(C)c5)cc5c6c(cc2c5c43)-c2cc(C(C)(C)C)ccc2C6)c1. The monoisotopic (exact) mass is 672 g/mol. The first kappa shape index (κ1) is 31.3. The van der Waals surface area contributed by atoms with Crippen LogP contribution in [0.25, 0.3) is 87.6 Å². The zero-order valence-corrected chi connectivity index (χ0v) is 31.5. The highest BCUT2D eigenvalue weighted by Crippen LogP contribution is 2.53. The Balaban J connectivity index is 1.43. The number of hydrogen-bond donors (Lipinski definition) is 0. The fraction of sp³-hybridized carbons (Fsp3) is 0.216. The molecule has 10 rings (SSSR count). The molecule has 0 spiro atoms. The van der Waals surface area contributed by atoms with Gasteiger partial charge in [-0.3, -0.25) is 0 Å². The lowest BCUT2D eigenvalue weighted by molar-refractivity contribution is 0.590. The van der Waals surface area contributed by atoms with Crippen molar-refractivity contribution in [1.82, 2.24) is 0 Å². The largest absolute Gasteiger partial charge is 0.455 e. The Bertz CT molecular complexity index is 2950. The molecule has 0 aliphatic heterocycles. The molecule has 1 nitrogen and oxygen atoms in total. The van der Waals surface area contributed by atoms with Crippen LogP contribution in [0.5, 0.6) is 0 Å². The Hall–Kier alpha value is -5.40. The molecule has 1 aliphatic carbocycles. The molecular weight excluding hydrogens is 629 g/mol. The number of aryl methyl sites for hydroxylation is 2. The molecule has 0 fully saturated rings. The molecule has 1 heterocycles. The maximum Gasteiger partial charge on any atom is 0.143 e. The fourth-order valence-electron chi connectivity index (χ4n) is 9.02. The van der Waals surface area contributed by atoms with Crippen LogP contribution in [0.4, 0.5) is 0 Å². The second-order valence-electron chi connectivity index (χ2n) is 17.5. The average Bonchev–Trinajstić information content (AvgIpc) is 3.66. The van der Waals surface area contributed by atoms with E-state index in [0.29, 0.717) is 0 Å². The Morgan fingerprint density at radius 1 is 0.462 bits per heavy atom. The van der Waals surface area contributed by atoms with Gasteiger partial charge in [0.15, 0.2) is 0 Å². The topological polar surface area (TPSA) is 13.1 Å². The Morgan fingerprint density at radius 2 is 1.04 bits per heavy atom. The van der Waals surface area contributed by atoms with E-state index in [4.69, 9.17) is 4.42 Å². The third-order valence-corrected chi connectivity index (χ3v) is 11.8. The maximum atomic E-state index is 6.94. The zero-order chi connectivity index (χ0) is 35.8. The van der Waals surface area contributed by atoms with Gasteiger partial charge in [-0.2, -0.15) is 0 Å². The van der Waals surface area contributed by atoms with Crippen LogP contribution in [0, 0.1) is 13.8 Å². The van der Waals surface area contributed by atoms with Gasteiger partial charge in [-0.05, 0) is 145 Å². The van der Waals surface area contributed by atoms with Crippen molar-refractivity contribution in [3.05, 3.63) is 143 Å². The van der Waals surface area contributed by atoms with E-state index in [0.717, 1.165) is 17.6 Å². The summed E-state index contributed by atoms with van der Waals surface area (Å²) in [6.07, 6.45) is 0.936. The highest BCUT2D eigenvalue weighted by atomic mass is 16.3. The van der Waals surface area contributed by atoms with Gasteiger partial charge >= 0.3 is 0 Å². The normalized spacial score (nSPS) is 13.3. The molecule has 0 unspecified atom stereocenters. The summed E-state index contributed by atoms with van der Waals surface area (Å²) in [5.41, 5.74) is 17.9. The summed E-state index contributed by atoms with van der Waals surface area (Å²) in [4.78, 5) is 0. The molecule has 0 bridgehead atoms. The van der Waals surface area contributed by atoms with Gasteiger partial charge in [0, 0.05) is 21.5 Å². The summed E-state index contributed by atoms with van der Waals surface area (Å²) in [6.45, 7) is 18.2. The van der Waals surface area contributed by atoms with E-state index in [1.165, 1.54) is 110 Å². The first-order valence-electron chi connectivity index (χ1n) is 18.8. The predicted octanol–water partition coefficient (Wildman–Crippen LogP) is 14.6. The summed E-state index contributed by atoms with van der Waals surface area (Å²) in [6, 6.07) is 42.0. The minimum atomic E-state index is 0.0323. The molecule has 0 saturated carbocycles. The van der Waals surface area contributed by atoms with Crippen LogP contribution in [0.2, 0.25) is 0 Å². The standard InChI is InChI=1S/C51H44O/c1-28-11-9-13-30(19-28)36-24-43-38-21-32-15-16-33(50(3,4)5)22-35(32)39(38)26-41-37(31-14-10-12-29(2)20-31)25-45-48(47(41)43)42(36)27-44-40-23-34(51(6,7)8)17-18-46(40)52-49(44)45/h9-20,22-27H,21H2,1-8H3. The van der Waals surface area contributed by atoms with Gasteiger partial charge in [-0.25, -0.2) is 0 Å². The minimum absolute atomic E-state index is 0.0323. The quantitative estimate of drug-likeness (QED) is 0.167. The van der Waals surface area contributed by atoms with Crippen LogP contribution >= 0.6 is 0 Å². The van der Waals surface area contributed by atoms with Crippen LogP contribution in [0.15, 0.2) is 114 Å². The van der Waals surface area contributed by atoms with Crippen LogP contribution in [-0.4, -0.2) is 0 Å². The molecule has 52 heavy (non-hydrogen) atoms. The third kappa shape index (κ3) is 4.54. The van der Waals surface area contributed by atoms with Gasteiger partial charge in [0.1, 0.15) is 11.2 Å². The molecule has 0 amide bonds. The molecule has 1 aliphatic rings. The Morgan fingerprint density at radius 3 is 1.69 bits per heavy atom. The lowest BCUT2D eigenvalue weighted by Gasteiger charge is -2.22. The third-order valence-electron chi connectivity index (χ3n) is 11.8. The second-order valence-corrected chi connectivity index (χ2v) is 17.5. The van der Waals surface area contributed by atoms with E-state index in [1.807, 2.05) is 0 Å². The van der Waals surface area contributed by atoms with E-state index in [2.05, 4.69) is 165 Å². The van der Waals surface area contributed by atoms with Crippen molar-refractivity contribution in [1.29, 1.82) is 0 Å². The van der Waals surface area contributed by atoms with Crippen LogP contribution in [-0.2, 0) is 17.3 Å². The molecule has 8 aromatic carbocycles. The van der Waals surface area contributed by atoms with Gasteiger partial charge in [0.05, 0.1) is 0 Å². The summed E-state index contributed by atoms with van der Waals surface area (Å²) in [7, 11) is 0. The molecule has 0 radical (unpaired) electrons. The number of fused-ring (bicyclic) bond motifs is 8. The summed E-state index contributed by atoms with van der Waals surface area (Å²) < 4.78 is 6.94. The molecule has 0 N–H and O–H groups in total. The van der Waals surface area contributed by atoms with Crippen molar-refractivity contribution in [2.75, 3.05) is 0 Å². The molecule has 0 atom stereocenters. The lowest BCUT2D eigenvalue weighted by Crippen LogP contribution is -2.10. The van der Waals surface area contributed by atoms with Crippen LogP contribution in [0.1, 0.15) is 74.9 Å². The van der Waals surface area contributed by atoms with Crippen molar-refractivity contribution in [2.45, 2.75) is 72.6 Å². The molecule has 0 saturated heterocycles. The Labute approximate surface area is 306 Å². The summed E-state index contributed by atoms with van der Waals surface area (Å²) >= 11 is 0. The number of rotatable bonds is 2. The van der Waals surface area contributed by atoms with Gasteiger partial charge in [0.2, 0.25) is 0 Å². The fourth-order valence-corrected chi connectivity index (χ4v) is 9.02. The van der Waals surface area contributed by atoms with E-state index < -0.39 is 0 Å². The number of hydrogen-bond acceptors (Lipinski definition) is 1. The minimum Gasteiger partial charge on any atom is -0.455 e. The second kappa shape index (κ2) is 10.6. The average molecular weight is 673 g/mol. The number of benzene rings is 8. The summed E-state index contributed by atoms with van der Waals surface area (Å²) in [5, 5.41) is 10.2. The van der Waals surface area contributed by atoms with Crippen LogP contribution < -0.4 is 0 Å². The highest BCUT2D eigenvalue weighted by Gasteiger charge is 2.29. The van der Waals surface area contributed by atoms with E-state index >= 15 is 0 Å². The lowest BCUT2D eigenvalue weighted by atomic mass is 9.81. The van der Waals surface area contributed by atoms with E-state index in [1.54, 1.807) is 0 Å².